The first-order chi connectivity index (χ1) is 16.7. The van der Waals surface area contributed by atoms with Crippen molar-refractivity contribution in [3.8, 4) is 16.9 Å². The van der Waals surface area contributed by atoms with Gasteiger partial charge in [-0.3, -0.25) is 9.07 Å². The number of aromatic nitrogens is 4. The molecule has 1 aliphatic carbocycles. The fourth-order valence-electron chi connectivity index (χ4n) is 4.69. The van der Waals surface area contributed by atoms with E-state index in [9.17, 15) is 22.7 Å². The van der Waals surface area contributed by atoms with Gasteiger partial charge >= 0.3 is 6.61 Å². The molecule has 1 fully saturated rings. The molecule has 1 aromatic carbocycles. The quantitative estimate of drug-likeness (QED) is 0.300. The molecule has 0 bridgehead atoms. The van der Waals surface area contributed by atoms with Crippen molar-refractivity contribution >= 4 is 22.6 Å². The minimum absolute atomic E-state index is 0.0950. The zero-order valence-electron chi connectivity index (χ0n) is 18.5. The Morgan fingerprint density at radius 3 is 2.74 bits per heavy atom. The summed E-state index contributed by atoms with van der Waals surface area (Å²) in [7, 11) is 0. The number of rotatable bonds is 7. The summed E-state index contributed by atoms with van der Waals surface area (Å²) in [5, 5.41) is 14.4. The minimum atomic E-state index is -3.19. The molecule has 5 rings (SSSR count). The number of hydrogen-bond donors (Lipinski definition) is 2. The van der Waals surface area contributed by atoms with Gasteiger partial charge in [0.1, 0.15) is 23.9 Å². The Bertz CT molecular complexity index is 1380. The maximum Gasteiger partial charge on any atom is 0.387 e. The van der Waals surface area contributed by atoms with Gasteiger partial charge in [-0.25, -0.2) is 9.37 Å². The smallest absolute Gasteiger partial charge is 0.387 e. The number of H-pyrrole nitrogens is 1. The second-order valence-corrected chi connectivity index (χ2v) is 9.37. The lowest BCUT2D eigenvalue weighted by molar-refractivity contribution is -0.0543. The number of nitrogens with one attached hydrogen (secondary N) is 1. The molecule has 35 heavy (non-hydrogen) atoms. The summed E-state index contributed by atoms with van der Waals surface area (Å²) in [5.74, 6) is -2.45. The van der Waals surface area contributed by atoms with Gasteiger partial charge in [-0.15, -0.1) is 0 Å². The fraction of sp³-hybridized carbons (Fsp3) is 0.333. The SMILES string of the molecule is CC1(O)CC(n2cc(-c3cnc4[nH]cc([C@H](CF)c5c(OC(F)F)ccc(F)c5Cl)c4c3)cn2)C1. The molecule has 1 saturated carbocycles. The Kier molecular flexibility index (Phi) is 5.96. The second kappa shape index (κ2) is 8.83. The van der Waals surface area contributed by atoms with Crippen molar-refractivity contribution in [1.29, 1.82) is 0 Å². The minimum Gasteiger partial charge on any atom is -0.434 e. The van der Waals surface area contributed by atoms with Crippen LogP contribution >= 0.6 is 11.6 Å². The topological polar surface area (TPSA) is 76.0 Å². The van der Waals surface area contributed by atoms with Crippen molar-refractivity contribution in [3.63, 3.8) is 0 Å². The van der Waals surface area contributed by atoms with Crippen molar-refractivity contribution < 1.29 is 27.4 Å². The highest BCUT2D eigenvalue weighted by Crippen LogP contribution is 2.43. The van der Waals surface area contributed by atoms with Gasteiger partial charge in [0.05, 0.1) is 22.9 Å². The molecule has 1 aliphatic rings. The van der Waals surface area contributed by atoms with Crippen molar-refractivity contribution in [1.82, 2.24) is 19.7 Å². The van der Waals surface area contributed by atoms with E-state index in [4.69, 9.17) is 11.6 Å². The number of nitrogens with zero attached hydrogens (tertiary/aromatic N) is 3. The molecule has 2 N–H and O–H groups in total. The molecule has 0 radical (unpaired) electrons. The van der Waals surface area contributed by atoms with Crippen LogP contribution in [0.25, 0.3) is 22.2 Å². The van der Waals surface area contributed by atoms with Gasteiger partial charge < -0.3 is 14.8 Å². The number of benzene rings is 1. The summed E-state index contributed by atoms with van der Waals surface area (Å²) in [6.45, 7) is -2.45. The Morgan fingerprint density at radius 1 is 1.29 bits per heavy atom. The van der Waals surface area contributed by atoms with Crippen molar-refractivity contribution in [2.24, 2.45) is 0 Å². The summed E-state index contributed by atoms with van der Waals surface area (Å²) < 4.78 is 60.9. The van der Waals surface area contributed by atoms with Crippen molar-refractivity contribution in [2.45, 2.75) is 43.9 Å². The summed E-state index contributed by atoms with van der Waals surface area (Å²) in [6.07, 6.45) is 7.85. The highest BCUT2D eigenvalue weighted by molar-refractivity contribution is 6.31. The van der Waals surface area contributed by atoms with E-state index >= 15 is 0 Å². The van der Waals surface area contributed by atoms with Crippen LogP contribution in [0.15, 0.2) is 43.0 Å². The molecule has 6 nitrogen and oxygen atoms in total. The molecule has 0 spiro atoms. The van der Waals surface area contributed by atoms with E-state index in [1.165, 1.54) is 6.20 Å². The number of halogens is 5. The predicted molar refractivity (Wildman–Crippen MR) is 122 cm³/mol. The number of fused-ring (bicyclic) bond motifs is 1. The van der Waals surface area contributed by atoms with E-state index in [0.717, 1.165) is 17.7 Å². The van der Waals surface area contributed by atoms with Crippen LogP contribution in [-0.4, -0.2) is 43.7 Å². The Hall–Kier alpha value is -3.11. The van der Waals surface area contributed by atoms with Crippen LogP contribution in [0.2, 0.25) is 5.02 Å². The van der Waals surface area contributed by atoms with Gasteiger partial charge in [0.25, 0.3) is 0 Å². The molecule has 184 valence electrons. The lowest BCUT2D eigenvalue weighted by atomic mass is 9.77. The van der Waals surface area contributed by atoms with E-state index < -0.39 is 41.4 Å². The monoisotopic (exact) mass is 508 g/mol. The summed E-state index contributed by atoms with van der Waals surface area (Å²) in [6, 6.07) is 3.77. The number of aromatic amines is 1. The summed E-state index contributed by atoms with van der Waals surface area (Å²) in [5.41, 5.74) is 1.37. The van der Waals surface area contributed by atoms with Crippen molar-refractivity contribution in [3.05, 3.63) is 65.0 Å². The van der Waals surface area contributed by atoms with Crippen LogP contribution in [0.1, 0.15) is 42.9 Å². The molecule has 0 saturated heterocycles. The third-order valence-corrected chi connectivity index (χ3v) is 6.79. The number of alkyl halides is 3. The van der Waals surface area contributed by atoms with Gasteiger partial charge in [0.2, 0.25) is 0 Å². The first-order valence-corrected chi connectivity index (χ1v) is 11.3. The number of aliphatic hydroxyl groups is 1. The van der Waals surface area contributed by atoms with E-state index in [1.54, 1.807) is 30.1 Å². The molecular formula is C24H21ClF4N4O2. The van der Waals surface area contributed by atoms with Crippen LogP contribution in [0.4, 0.5) is 17.6 Å². The molecule has 0 aliphatic heterocycles. The lowest BCUT2D eigenvalue weighted by Gasteiger charge is -2.40. The standard InChI is InChI=1S/C24H21ClF4N4O2/c1-24(34)5-14(6-24)33-11-13(9-32-33)12-4-15-17(10-31-22(15)30-8-12)16(7-26)20-19(35-23(28)29)3-2-18(27)21(20)25/h2-4,8-11,14,16,23,34H,5-7H2,1H3,(H,30,31)/t14?,16-,24?/m0/s1. The molecule has 11 heteroatoms. The third kappa shape index (κ3) is 4.36. The van der Waals surface area contributed by atoms with Crippen LogP contribution in [0, 0.1) is 5.82 Å². The summed E-state index contributed by atoms with van der Waals surface area (Å²) in [4.78, 5) is 7.34. The Balaban J connectivity index is 1.54. The molecule has 1 atom stereocenters. The predicted octanol–water partition coefficient (Wildman–Crippen LogP) is 6.01. The van der Waals surface area contributed by atoms with E-state index in [0.29, 0.717) is 35.0 Å². The van der Waals surface area contributed by atoms with Gasteiger partial charge in [0.15, 0.2) is 0 Å². The third-order valence-electron chi connectivity index (χ3n) is 6.41. The van der Waals surface area contributed by atoms with Crippen LogP contribution in [0.3, 0.4) is 0 Å². The summed E-state index contributed by atoms with van der Waals surface area (Å²) >= 11 is 6.10. The molecule has 3 aromatic heterocycles. The van der Waals surface area contributed by atoms with E-state index in [2.05, 4.69) is 19.8 Å². The highest BCUT2D eigenvalue weighted by Gasteiger charge is 2.39. The van der Waals surface area contributed by atoms with Gasteiger partial charge in [-0.1, -0.05) is 11.6 Å². The largest absolute Gasteiger partial charge is 0.434 e. The van der Waals surface area contributed by atoms with E-state index in [1.807, 2.05) is 6.20 Å². The Labute approximate surface area is 202 Å². The fourth-order valence-corrected chi connectivity index (χ4v) is 4.97. The maximum absolute atomic E-state index is 14.4. The zero-order chi connectivity index (χ0) is 24.9. The van der Waals surface area contributed by atoms with Crippen LogP contribution < -0.4 is 4.74 Å². The van der Waals surface area contributed by atoms with Gasteiger partial charge in [-0.2, -0.15) is 13.9 Å². The highest BCUT2D eigenvalue weighted by atomic mass is 35.5. The second-order valence-electron chi connectivity index (χ2n) is 8.99. The zero-order valence-corrected chi connectivity index (χ0v) is 19.2. The average molecular weight is 509 g/mol. The molecule has 0 unspecified atom stereocenters. The van der Waals surface area contributed by atoms with Gasteiger partial charge in [-0.05, 0) is 43.5 Å². The Morgan fingerprint density at radius 2 is 2.06 bits per heavy atom. The molecule has 0 amide bonds. The first kappa shape index (κ1) is 23.6. The number of ether oxygens (including phenoxy) is 1. The van der Waals surface area contributed by atoms with Crippen molar-refractivity contribution in [2.75, 3.05) is 6.67 Å². The maximum atomic E-state index is 14.4. The number of pyridine rings is 1. The van der Waals surface area contributed by atoms with Crippen LogP contribution in [0.5, 0.6) is 5.75 Å². The number of hydrogen-bond acceptors (Lipinski definition) is 4. The average Bonchev–Trinajstić information content (AvgIpc) is 3.44. The molecule has 3 heterocycles. The first-order valence-electron chi connectivity index (χ1n) is 10.9. The van der Waals surface area contributed by atoms with E-state index in [-0.39, 0.29) is 11.6 Å². The molecular weight excluding hydrogens is 488 g/mol. The van der Waals surface area contributed by atoms with Crippen LogP contribution in [-0.2, 0) is 0 Å². The van der Waals surface area contributed by atoms with Gasteiger partial charge in [0, 0.05) is 46.6 Å². The lowest BCUT2D eigenvalue weighted by Crippen LogP contribution is -2.42. The molecule has 4 aromatic rings. The normalized spacial score (nSPS) is 20.9.